The molecule has 0 radical (unpaired) electrons. The molecule has 7 nitrogen and oxygen atoms in total. The average Bonchev–Trinajstić information content (AvgIpc) is 2.76. The molecular weight excluding hydrogens is 290 g/mol. The van der Waals surface area contributed by atoms with E-state index in [-0.39, 0.29) is 5.69 Å². The lowest BCUT2D eigenvalue weighted by atomic mass is 10.4. The van der Waals surface area contributed by atoms with Gasteiger partial charge in [-0.3, -0.25) is 0 Å². The van der Waals surface area contributed by atoms with Crippen LogP contribution in [-0.2, 0) is 10.2 Å². The second kappa shape index (κ2) is 6.34. The molecule has 19 heavy (non-hydrogen) atoms. The first-order valence-electron chi connectivity index (χ1n) is 5.14. The third-order valence-electron chi connectivity index (χ3n) is 2.07. The number of hydrogen-bond donors (Lipinski definition) is 1. The smallest absolute Gasteiger partial charge is 0.354 e. The van der Waals surface area contributed by atoms with Crippen molar-refractivity contribution in [2.75, 3.05) is 22.7 Å². The molecular formula is C10H13N3O4S2. The molecule has 0 spiro atoms. The molecule has 0 fully saturated rings. The molecule has 0 aromatic carbocycles. The fraction of sp³-hybridized carbons (Fsp3) is 0.200. The molecule has 9 heteroatoms. The van der Waals surface area contributed by atoms with Gasteiger partial charge in [-0.05, 0) is 11.4 Å². The first-order valence-corrected chi connectivity index (χ1v) is 7.46. The number of nitrogens with zero attached hydrogens (tertiary/aromatic N) is 2. The summed E-state index contributed by atoms with van der Waals surface area (Å²) in [5.41, 5.74) is 0.172. The van der Waals surface area contributed by atoms with Crippen LogP contribution >= 0.6 is 11.3 Å². The van der Waals surface area contributed by atoms with E-state index in [9.17, 15) is 18.5 Å². The van der Waals surface area contributed by atoms with Crippen LogP contribution < -0.4 is 9.62 Å². The van der Waals surface area contributed by atoms with E-state index >= 15 is 0 Å². The van der Waals surface area contributed by atoms with Crippen molar-refractivity contribution < 1.29 is 12.7 Å². The van der Waals surface area contributed by atoms with E-state index in [4.69, 9.17) is 0 Å². The number of rotatable bonds is 8. The summed E-state index contributed by atoms with van der Waals surface area (Å²) in [6.07, 6.45) is 3.30. The molecule has 1 N–H and O–H groups in total. The van der Waals surface area contributed by atoms with Crippen molar-refractivity contribution in [3.8, 4) is 0 Å². The van der Waals surface area contributed by atoms with Crippen LogP contribution in [0.2, 0.25) is 0 Å². The number of thiophene rings is 1. The third-order valence-corrected chi connectivity index (χ3v) is 3.91. The van der Waals surface area contributed by atoms with E-state index in [2.05, 4.69) is 13.2 Å². The standard InChI is InChI=1S/C10H13N3O4S2/c1-3-6-12(7-4-2)10-9(5-8-18-10)11-19(16,17)13(14)15/h3-5,8,11H,1-2,6-7H2. The predicted octanol–water partition coefficient (Wildman–Crippen LogP) is 1.86. The van der Waals surface area contributed by atoms with Gasteiger partial charge in [-0.15, -0.1) is 32.9 Å². The van der Waals surface area contributed by atoms with Crippen molar-refractivity contribution in [2.24, 2.45) is 0 Å². The zero-order chi connectivity index (χ0) is 14.5. The Kier molecular flexibility index (Phi) is 5.07. The van der Waals surface area contributed by atoms with E-state index in [1.54, 1.807) is 22.4 Å². The molecule has 0 saturated carbocycles. The van der Waals surface area contributed by atoms with Gasteiger partial charge in [0.15, 0.2) is 4.33 Å². The van der Waals surface area contributed by atoms with Gasteiger partial charge in [0.1, 0.15) is 5.00 Å². The van der Waals surface area contributed by atoms with Gasteiger partial charge >= 0.3 is 10.2 Å². The largest absolute Gasteiger partial charge is 0.521 e. The molecule has 1 aromatic heterocycles. The molecule has 0 amide bonds. The zero-order valence-electron chi connectivity index (χ0n) is 9.98. The number of nitro groups is 1. The highest BCUT2D eigenvalue weighted by molar-refractivity contribution is 7.86. The van der Waals surface area contributed by atoms with Crippen molar-refractivity contribution in [1.29, 1.82) is 0 Å². The quantitative estimate of drug-likeness (QED) is 0.449. The Morgan fingerprint density at radius 2 is 2.00 bits per heavy atom. The maximum atomic E-state index is 11.2. The highest BCUT2D eigenvalue weighted by atomic mass is 32.2. The topological polar surface area (TPSA) is 92.6 Å². The van der Waals surface area contributed by atoms with Gasteiger partial charge in [-0.2, -0.15) is 0 Å². The Labute approximate surface area is 115 Å². The number of nitrogens with one attached hydrogen (secondary N) is 1. The first-order chi connectivity index (χ1) is 8.92. The predicted molar refractivity (Wildman–Crippen MR) is 76.5 cm³/mol. The molecule has 1 aromatic rings. The van der Waals surface area contributed by atoms with Gasteiger partial charge in [0, 0.05) is 13.1 Å². The summed E-state index contributed by atoms with van der Waals surface area (Å²) in [6.45, 7) is 8.16. The van der Waals surface area contributed by atoms with Crippen LogP contribution in [0.4, 0.5) is 10.7 Å². The van der Waals surface area contributed by atoms with E-state index in [0.717, 1.165) is 0 Å². The molecule has 104 valence electrons. The van der Waals surface area contributed by atoms with Gasteiger partial charge < -0.3 is 4.90 Å². The Hall–Kier alpha value is -1.87. The maximum Gasteiger partial charge on any atom is 0.521 e. The number of anilines is 2. The Morgan fingerprint density at radius 1 is 1.42 bits per heavy atom. The van der Waals surface area contributed by atoms with Gasteiger partial charge in [0.2, 0.25) is 0 Å². The van der Waals surface area contributed by atoms with Crippen LogP contribution in [0.15, 0.2) is 36.8 Å². The molecule has 0 aliphatic heterocycles. The zero-order valence-corrected chi connectivity index (χ0v) is 11.6. The van der Waals surface area contributed by atoms with E-state index in [0.29, 0.717) is 18.1 Å². The second-order valence-electron chi connectivity index (χ2n) is 3.42. The summed E-state index contributed by atoms with van der Waals surface area (Å²) in [5, 5.41) is 12.6. The molecule has 0 saturated heterocycles. The minimum atomic E-state index is -4.61. The summed E-state index contributed by atoms with van der Waals surface area (Å²) in [5.74, 6) is 0. The molecule has 1 rings (SSSR count). The van der Waals surface area contributed by atoms with Crippen LogP contribution in [0.1, 0.15) is 0 Å². The molecule has 0 unspecified atom stereocenters. The lowest BCUT2D eigenvalue weighted by Gasteiger charge is -2.20. The van der Waals surface area contributed by atoms with Crippen LogP contribution in [-0.4, -0.2) is 25.8 Å². The van der Waals surface area contributed by atoms with Gasteiger partial charge in [0.25, 0.3) is 0 Å². The fourth-order valence-electron chi connectivity index (χ4n) is 1.35. The van der Waals surface area contributed by atoms with Crippen molar-refractivity contribution in [2.45, 2.75) is 0 Å². The third kappa shape index (κ3) is 3.80. The van der Waals surface area contributed by atoms with Crippen molar-refractivity contribution in [3.05, 3.63) is 46.9 Å². The van der Waals surface area contributed by atoms with Gasteiger partial charge in [-0.25, -0.2) is 14.8 Å². The van der Waals surface area contributed by atoms with Crippen LogP contribution in [0.3, 0.4) is 0 Å². The minimum Gasteiger partial charge on any atom is -0.354 e. The summed E-state index contributed by atoms with van der Waals surface area (Å²) in [6, 6.07) is 1.47. The van der Waals surface area contributed by atoms with Crippen molar-refractivity contribution in [3.63, 3.8) is 0 Å². The highest BCUT2D eigenvalue weighted by Crippen LogP contribution is 2.33. The molecule has 0 aliphatic rings. The average molecular weight is 303 g/mol. The summed E-state index contributed by atoms with van der Waals surface area (Å²) in [7, 11) is -4.61. The second-order valence-corrected chi connectivity index (χ2v) is 5.77. The van der Waals surface area contributed by atoms with E-state index < -0.39 is 14.5 Å². The highest BCUT2D eigenvalue weighted by Gasteiger charge is 2.26. The normalized spacial score (nSPS) is 10.7. The summed E-state index contributed by atoms with van der Waals surface area (Å²) >= 11 is 1.27. The van der Waals surface area contributed by atoms with Crippen LogP contribution in [0.5, 0.6) is 0 Å². The van der Waals surface area contributed by atoms with Crippen molar-refractivity contribution in [1.82, 2.24) is 0 Å². The van der Waals surface area contributed by atoms with Crippen LogP contribution in [0, 0.1) is 10.1 Å². The molecule has 0 aliphatic carbocycles. The minimum absolute atomic E-state index is 0.172. The molecule has 0 atom stereocenters. The van der Waals surface area contributed by atoms with Crippen LogP contribution in [0.25, 0.3) is 0 Å². The Bertz CT molecular complexity index is 569. The van der Waals surface area contributed by atoms with E-state index in [1.165, 1.54) is 17.4 Å². The Balaban J connectivity index is 3.05. The van der Waals surface area contributed by atoms with Gasteiger partial charge in [-0.1, -0.05) is 12.2 Å². The molecule has 0 bridgehead atoms. The van der Waals surface area contributed by atoms with Gasteiger partial charge in [0.05, 0.1) is 5.69 Å². The molecule has 1 heterocycles. The summed E-state index contributed by atoms with van der Waals surface area (Å²) < 4.78 is 23.0. The number of hydrogen-bond acceptors (Lipinski definition) is 6. The lowest BCUT2D eigenvalue weighted by Crippen LogP contribution is -2.25. The van der Waals surface area contributed by atoms with Crippen molar-refractivity contribution >= 4 is 32.2 Å². The van der Waals surface area contributed by atoms with E-state index in [1.807, 2.05) is 4.72 Å². The Morgan fingerprint density at radius 3 is 2.47 bits per heavy atom. The maximum absolute atomic E-state index is 11.2. The lowest BCUT2D eigenvalue weighted by molar-refractivity contribution is -0.304. The fourth-order valence-corrected chi connectivity index (χ4v) is 2.81. The first kappa shape index (κ1) is 15.2. The monoisotopic (exact) mass is 303 g/mol. The summed E-state index contributed by atoms with van der Waals surface area (Å²) in [4.78, 5) is 12.2. The SMILES string of the molecule is C=CCN(CC=C)c1sccc1NS(=O)(=O)[N+](=O)[O-].